The lowest BCUT2D eigenvalue weighted by molar-refractivity contribution is -0.123. The second-order valence-corrected chi connectivity index (χ2v) is 4.29. The zero-order valence-corrected chi connectivity index (χ0v) is 9.36. The largest absolute Gasteiger partial charge is 0.349 e. The Balaban J connectivity index is 2.09. The van der Waals surface area contributed by atoms with Crippen molar-refractivity contribution in [2.45, 2.75) is 25.3 Å². The van der Waals surface area contributed by atoms with E-state index in [0.29, 0.717) is 5.56 Å². The summed E-state index contributed by atoms with van der Waals surface area (Å²) in [6.07, 6.45) is 2.72. The minimum absolute atomic E-state index is 0.0406. The van der Waals surface area contributed by atoms with E-state index < -0.39 is 6.04 Å². The molecule has 4 heteroatoms. The number of amides is 1. The van der Waals surface area contributed by atoms with Crippen LogP contribution in [0.5, 0.6) is 0 Å². The van der Waals surface area contributed by atoms with E-state index in [-0.39, 0.29) is 24.1 Å². The van der Waals surface area contributed by atoms with Gasteiger partial charge in [0.25, 0.3) is 0 Å². The topological polar surface area (TPSA) is 46.2 Å². The molecule has 3 nitrogen and oxygen atoms in total. The molecule has 1 aliphatic carbocycles. The minimum Gasteiger partial charge on any atom is -0.349 e. The molecule has 1 aliphatic rings. The van der Waals surface area contributed by atoms with Crippen molar-refractivity contribution >= 4 is 12.2 Å². The first-order valence-corrected chi connectivity index (χ1v) is 5.70. The summed E-state index contributed by atoms with van der Waals surface area (Å²) < 4.78 is 13.1. The van der Waals surface area contributed by atoms with E-state index in [4.69, 9.17) is 0 Å². The number of carbonyl (C=O) groups is 2. The fraction of sp³-hybridized carbons (Fsp3) is 0.385. The van der Waals surface area contributed by atoms with Crippen LogP contribution in [0.25, 0.3) is 0 Å². The summed E-state index contributed by atoms with van der Waals surface area (Å²) in [5.41, 5.74) is 0.631. The van der Waals surface area contributed by atoms with Gasteiger partial charge in [0, 0.05) is 12.3 Å². The number of hydrogen-bond acceptors (Lipinski definition) is 2. The van der Waals surface area contributed by atoms with Gasteiger partial charge in [0.15, 0.2) is 0 Å². The van der Waals surface area contributed by atoms with Crippen molar-refractivity contribution in [3.63, 3.8) is 0 Å². The molecule has 90 valence electrons. The summed E-state index contributed by atoms with van der Waals surface area (Å²) in [5.74, 6) is -0.321. The Labute approximate surface area is 99.0 Å². The molecule has 0 spiro atoms. The number of aldehydes is 1. The Kier molecular flexibility index (Phi) is 3.52. The van der Waals surface area contributed by atoms with Crippen molar-refractivity contribution in [1.82, 2.24) is 5.32 Å². The Morgan fingerprint density at radius 1 is 1.53 bits per heavy atom. The van der Waals surface area contributed by atoms with E-state index >= 15 is 0 Å². The lowest BCUT2D eigenvalue weighted by atomic mass is 10.0. The number of halogens is 1. The Morgan fingerprint density at radius 2 is 2.29 bits per heavy atom. The average Bonchev–Trinajstić information content (AvgIpc) is 3.12. The molecule has 1 aromatic rings. The molecule has 0 saturated heterocycles. The van der Waals surface area contributed by atoms with Gasteiger partial charge < -0.3 is 10.1 Å². The highest BCUT2D eigenvalue weighted by atomic mass is 19.1. The van der Waals surface area contributed by atoms with E-state index in [1.54, 1.807) is 12.1 Å². The molecule has 0 heterocycles. The van der Waals surface area contributed by atoms with Gasteiger partial charge in [0.1, 0.15) is 12.1 Å². The van der Waals surface area contributed by atoms with Gasteiger partial charge in [0.2, 0.25) is 5.91 Å². The first kappa shape index (κ1) is 11.8. The van der Waals surface area contributed by atoms with Crippen molar-refractivity contribution in [2.75, 3.05) is 0 Å². The first-order valence-electron chi connectivity index (χ1n) is 5.70. The summed E-state index contributed by atoms with van der Waals surface area (Å²) in [6.45, 7) is 0. The van der Waals surface area contributed by atoms with Crippen LogP contribution in [-0.2, 0) is 9.59 Å². The molecule has 0 bridgehead atoms. The molecule has 0 radical (unpaired) electrons. The fourth-order valence-electron chi connectivity index (χ4n) is 1.73. The van der Waals surface area contributed by atoms with Crippen molar-refractivity contribution < 1.29 is 14.0 Å². The minimum atomic E-state index is -0.420. The van der Waals surface area contributed by atoms with E-state index in [2.05, 4.69) is 5.32 Å². The molecule has 0 aliphatic heterocycles. The van der Waals surface area contributed by atoms with Gasteiger partial charge in [-0.05, 0) is 30.5 Å². The molecule has 1 fully saturated rings. The predicted octanol–water partition coefficient (Wildman–Crippen LogP) is 1.98. The fourth-order valence-corrected chi connectivity index (χ4v) is 1.73. The first-order chi connectivity index (χ1) is 8.20. The molecule has 17 heavy (non-hydrogen) atoms. The van der Waals surface area contributed by atoms with Gasteiger partial charge in [-0.25, -0.2) is 4.39 Å². The average molecular weight is 235 g/mol. The smallest absolute Gasteiger partial charge is 0.223 e. The Bertz CT molecular complexity index is 429. The molecule has 0 aromatic heterocycles. The third kappa shape index (κ3) is 3.12. The molecule has 1 aromatic carbocycles. The van der Waals surface area contributed by atoms with Crippen LogP contribution in [0.1, 0.15) is 30.9 Å². The van der Waals surface area contributed by atoms with E-state index in [1.165, 1.54) is 12.1 Å². The summed E-state index contributed by atoms with van der Waals surface area (Å²) in [7, 11) is 0. The predicted molar refractivity (Wildman–Crippen MR) is 60.7 cm³/mol. The molecule has 1 N–H and O–H groups in total. The standard InChI is InChI=1S/C13H14FNO2/c14-11-3-1-2-10(8-11)12(6-7-16)15-13(17)9-4-5-9/h1-3,7-9,12H,4-6H2,(H,15,17)/t12-/m0/s1. The van der Waals surface area contributed by atoms with Crippen LogP contribution in [0.15, 0.2) is 24.3 Å². The van der Waals surface area contributed by atoms with Gasteiger partial charge >= 0.3 is 0 Å². The van der Waals surface area contributed by atoms with Gasteiger partial charge in [-0.1, -0.05) is 12.1 Å². The number of nitrogens with one attached hydrogen (secondary N) is 1. The van der Waals surface area contributed by atoms with Crippen molar-refractivity contribution in [3.05, 3.63) is 35.6 Å². The number of benzene rings is 1. The quantitative estimate of drug-likeness (QED) is 0.793. The van der Waals surface area contributed by atoms with Crippen LogP contribution in [0.2, 0.25) is 0 Å². The SMILES string of the molecule is O=CC[C@H](NC(=O)C1CC1)c1cccc(F)c1. The van der Waals surface area contributed by atoms with E-state index in [1.807, 2.05) is 0 Å². The van der Waals surface area contributed by atoms with E-state index in [0.717, 1.165) is 19.1 Å². The third-order valence-corrected chi connectivity index (χ3v) is 2.85. The zero-order valence-electron chi connectivity index (χ0n) is 9.36. The second-order valence-electron chi connectivity index (χ2n) is 4.29. The maximum absolute atomic E-state index is 13.1. The van der Waals surface area contributed by atoms with Gasteiger partial charge in [-0.15, -0.1) is 0 Å². The highest BCUT2D eigenvalue weighted by Crippen LogP contribution is 2.30. The van der Waals surface area contributed by atoms with Gasteiger partial charge in [0.05, 0.1) is 6.04 Å². The molecule has 0 unspecified atom stereocenters. The van der Waals surface area contributed by atoms with Gasteiger partial charge in [-0.2, -0.15) is 0 Å². The highest BCUT2D eigenvalue weighted by molar-refractivity contribution is 5.81. The lowest BCUT2D eigenvalue weighted by Gasteiger charge is -2.16. The Hall–Kier alpha value is -1.71. The summed E-state index contributed by atoms with van der Waals surface area (Å²) in [5, 5.41) is 2.79. The van der Waals surface area contributed by atoms with E-state index in [9.17, 15) is 14.0 Å². The Morgan fingerprint density at radius 3 is 2.88 bits per heavy atom. The molecular formula is C13H14FNO2. The number of rotatable bonds is 5. The normalized spacial score (nSPS) is 16.3. The van der Waals surface area contributed by atoms with Crippen molar-refractivity contribution in [1.29, 1.82) is 0 Å². The highest BCUT2D eigenvalue weighted by Gasteiger charge is 2.31. The van der Waals surface area contributed by atoms with Crippen LogP contribution >= 0.6 is 0 Å². The number of hydrogen-bond donors (Lipinski definition) is 1. The molecule has 1 atom stereocenters. The molecule has 2 rings (SSSR count). The van der Waals surface area contributed by atoms with Crippen LogP contribution in [0.3, 0.4) is 0 Å². The molecule has 1 amide bonds. The van der Waals surface area contributed by atoms with Crippen LogP contribution in [0.4, 0.5) is 4.39 Å². The molecule has 1 saturated carbocycles. The third-order valence-electron chi connectivity index (χ3n) is 2.85. The maximum Gasteiger partial charge on any atom is 0.223 e. The summed E-state index contributed by atoms with van der Waals surface area (Å²) >= 11 is 0. The van der Waals surface area contributed by atoms with Crippen LogP contribution in [0, 0.1) is 11.7 Å². The molecular weight excluding hydrogens is 221 g/mol. The number of carbonyl (C=O) groups excluding carboxylic acids is 2. The monoisotopic (exact) mass is 235 g/mol. The summed E-state index contributed by atoms with van der Waals surface area (Å²) in [6, 6.07) is 5.55. The van der Waals surface area contributed by atoms with Crippen molar-refractivity contribution in [3.8, 4) is 0 Å². The van der Waals surface area contributed by atoms with Crippen LogP contribution < -0.4 is 5.32 Å². The van der Waals surface area contributed by atoms with Crippen molar-refractivity contribution in [2.24, 2.45) is 5.92 Å². The summed E-state index contributed by atoms with van der Waals surface area (Å²) in [4.78, 5) is 22.2. The van der Waals surface area contributed by atoms with Crippen LogP contribution in [-0.4, -0.2) is 12.2 Å². The zero-order chi connectivity index (χ0) is 12.3. The maximum atomic E-state index is 13.1. The second kappa shape index (κ2) is 5.08. The lowest BCUT2D eigenvalue weighted by Crippen LogP contribution is -2.30. The van der Waals surface area contributed by atoms with Gasteiger partial charge in [-0.3, -0.25) is 4.79 Å².